The van der Waals surface area contributed by atoms with E-state index in [0.717, 1.165) is 11.3 Å². The largest absolute Gasteiger partial charge is 0.497 e. The van der Waals surface area contributed by atoms with Crippen molar-refractivity contribution in [3.05, 3.63) is 94.4 Å². The lowest BCUT2D eigenvalue weighted by atomic mass is 10.2. The number of aromatic nitrogens is 3. The average Bonchev–Trinajstić information content (AvgIpc) is 2.82. The van der Waals surface area contributed by atoms with Crippen LogP contribution < -0.4 is 15.6 Å². The van der Waals surface area contributed by atoms with Crippen molar-refractivity contribution in [3.8, 4) is 5.75 Å². The molecule has 0 aliphatic heterocycles. The molecule has 4 rings (SSSR count). The molecule has 0 fully saturated rings. The van der Waals surface area contributed by atoms with Crippen molar-refractivity contribution >= 4 is 22.6 Å². The van der Waals surface area contributed by atoms with E-state index < -0.39 is 0 Å². The lowest BCUT2D eigenvalue weighted by Crippen LogP contribution is -2.27. The number of halogens is 1. The number of pyridine rings is 1. The van der Waals surface area contributed by atoms with Gasteiger partial charge >= 0.3 is 0 Å². The summed E-state index contributed by atoms with van der Waals surface area (Å²) in [6, 6.07) is 16.3. The minimum absolute atomic E-state index is 0.102. The molecule has 0 saturated heterocycles. The van der Waals surface area contributed by atoms with Crippen molar-refractivity contribution in [3.63, 3.8) is 0 Å². The minimum Gasteiger partial charge on any atom is -0.497 e. The van der Waals surface area contributed by atoms with Gasteiger partial charge in [0.2, 0.25) is 5.91 Å². The van der Waals surface area contributed by atoms with Crippen LogP contribution in [-0.4, -0.2) is 27.6 Å². The van der Waals surface area contributed by atoms with E-state index >= 15 is 0 Å². The number of amides is 1. The topological polar surface area (TPSA) is 86.1 Å². The molecule has 0 aliphatic carbocycles. The zero-order chi connectivity index (χ0) is 22.5. The molecular weight excluding hydrogens is 411 g/mol. The first-order chi connectivity index (χ1) is 15.5. The normalized spacial score (nSPS) is 10.8. The van der Waals surface area contributed by atoms with Crippen molar-refractivity contribution in [2.45, 2.75) is 19.4 Å². The summed E-state index contributed by atoms with van der Waals surface area (Å²) in [5.74, 6) is 0.548. The number of ether oxygens (including phenoxy) is 1. The van der Waals surface area contributed by atoms with Crippen LogP contribution in [0.2, 0.25) is 0 Å². The van der Waals surface area contributed by atoms with Crippen LogP contribution in [-0.2, 0) is 17.8 Å². The van der Waals surface area contributed by atoms with Crippen LogP contribution in [0.3, 0.4) is 0 Å². The molecule has 0 radical (unpaired) electrons. The Bertz CT molecular complexity index is 1300. The highest BCUT2D eigenvalue weighted by Gasteiger charge is 2.14. The molecule has 0 aliphatic rings. The van der Waals surface area contributed by atoms with Crippen molar-refractivity contribution < 1.29 is 13.9 Å². The summed E-state index contributed by atoms with van der Waals surface area (Å²) >= 11 is 0. The predicted octanol–water partition coefficient (Wildman–Crippen LogP) is 3.56. The number of nitrogens with zero attached hydrogens (tertiary/aromatic N) is 3. The molecule has 7 nitrogen and oxygen atoms in total. The van der Waals surface area contributed by atoms with Gasteiger partial charge in [-0.1, -0.05) is 12.1 Å². The number of anilines is 1. The summed E-state index contributed by atoms with van der Waals surface area (Å²) in [5, 5.41) is 3.14. The van der Waals surface area contributed by atoms with Crippen LogP contribution in [0, 0.1) is 5.82 Å². The van der Waals surface area contributed by atoms with Gasteiger partial charge in [0.05, 0.1) is 19.0 Å². The predicted molar refractivity (Wildman–Crippen MR) is 119 cm³/mol. The van der Waals surface area contributed by atoms with Crippen LogP contribution in [0.1, 0.15) is 17.8 Å². The maximum Gasteiger partial charge on any atom is 0.263 e. The smallest absolute Gasteiger partial charge is 0.263 e. The molecule has 0 unspecified atom stereocenters. The molecule has 32 heavy (non-hydrogen) atoms. The summed E-state index contributed by atoms with van der Waals surface area (Å²) in [6.45, 7) is 0.301. The highest BCUT2D eigenvalue weighted by Crippen LogP contribution is 2.15. The van der Waals surface area contributed by atoms with Gasteiger partial charge in [-0.3, -0.25) is 14.2 Å². The number of carbonyl (C=O) groups is 1. The Labute approximate surface area is 183 Å². The first-order valence-electron chi connectivity index (χ1n) is 10.1. The van der Waals surface area contributed by atoms with Gasteiger partial charge in [-0.15, -0.1) is 0 Å². The Morgan fingerprint density at radius 1 is 1.09 bits per heavy atom. The number of carbonyl (C=O) groups excluding carboxylic acids is 1. The number of hydrogen-bond acceptors (Lipinski definition) is 5. The van der Waals surface area contributed by atoms with E-state index in [2.05, 4.69) is 15.3 Å². The third kappa shape index (κ3) is 4.80. The number of aryl methyl sites for hydroxylation is 1. The van der Waals surface area contributed by atoms with Gasteiger partial charge in [-0.05, 0) is 54.1 Å². The molecule has 2 heterocycles. The molecule has 0 atom stereocenters. The van der Waals surface area contributed by atoms with Crippen LogP contribution in [0.25, 0.3) is 11.0 Å². The number of rotatable bonds is 7. The molecule has 1 N–H and O–H groups in total. The number of fused-ring (bicyclic) bond motifs is 1. The molecule has 8 heteroatoms. The van der Waals surface area contributed by atoms with E-state index in [1.807, 2.05) is 24.3 Å². The Hall–Kier alpha value is -4.07. The lowest BCUT2D eigenvalue weighted by molar-refractivity contribution is -0.116. The third-order valence-corrected chi connectivity index (χ3v) is 5.01. The van der Waals surface area contributed by atoms with Crippen LogP contribution in [0.15, 0.2) is 71.7 Å². The fourth-order valence-electron chi connectivity index (χ4n) is 3.35. The summed E-state index contributed by atoms with van der Waals surface area (Å²) < 4.78 is 19.8. The molecule has 162 valence electrons. The maximum absolute atomic E-state index is 13.2. The molecule has 2 aromatic carbocycles. The summed E-state index contributed by atoms with van der Waals surface area (Å²) in [6.07, 6.45) is 1.92. The Kier molecular flexibility index (Phi) is 6.21. The lowest BCUT2D eigenvalue weighted by Gasteiger charge is -2.14. The summed E-state index contributed by atoms with van der Waals surface area (Å²) in [4.78, 5) is 34.3. The number of nitrogens with one attached hydrogen (secondary N) is 1. The van der Waals surface area contributed by atoms with E-state index in [-0.39, 0.29) is 30.1 Å². The van der Waals surface area contributed by atoms with Gasteiger partial charge in [0.25, 0.3) is 5.56 Å². The Morgan fingerprint density at radius 3 is 2.56 bits per heavy atom. The molecule has 4 aromatic rings. The number of benzene rings is 2. The van der Waals surface area contributed by atoms with Crippen molar-refractivity contribution in [2.75, 3.05) is 12.4 Å². The van der Waals surface area contributed by atoms with Gasteiger partial charge < -0.3 is 10.1 Å². The summed E-state index contributed by atoms with van der Waals surface area (Å²) in [7, 11) is 1.59. The second-order valence-electron chi connectivity index (χ2n) is 7.20. The number of hydrogen-bond donors (Lipinski definition) is 1. The maximum atomic E-state index is 13.2. The van der Waals surface area contributed by atoms with Crippen LogP contribution in [0.5, 0.6) is 5.75 Å². The summed E-state index contributed by atoms with van der Waals surface area (Å²) in [5.41, 5.74) is 1.53. The highest BCUT2D eigenvalue weighted by atomic mass is 19.1. The Balaban J connectivity index is 1.59. The quantitative estimate of drug-likeness (QED) is 0.483. The van der Waals surface area contributed by atoms with E-state index in [1.165, 1.54) is 24.3 Å². The second-order valence-corrected chi connectivity index (χ2v) is 7.20. The van der Waals surface area contributed by atoms with Gasteiger partial charge in [0.1, 0.15) is 17.4 Å². The van der Waals surface area contributed by atoms with Crippen molar-refractivity contribution in [1.82, 2.24) is 14.5 Å². The minimum atomic E-state index is -0.376. The second kappa shape index (κ2) is 9.38. The molecule has 0 spiro atoms. The van der Waals surface area contributed by atoms with Gasteiger partial charge in [0.15, 0.2) is 5.65 Å². The van der Waals surface area contributed by atoms with E-state index in [0.29, 0.717) is 29.1 Å². The first-order valence-corrected chi connectivity index (χ1v) is 10.1. The van der Waals surface area contributed by atoms with E-state index in [4.69, 9.17) is 4.74 Å². The van der Waals surface area contributed by atoms with Gasteiger partial charge in [0, 0.05) is 24.7 Å². The van der Waals surface area contributed by atoms with Crippen molar-refractivity contribution in [2.24, 2.45) is 0 Å². The fourth-order valence-corrected chi connectivity index (χ4v) is 3.35. The Morgan fingerprint density at radius 2 is 1.84 bits per heavy atom. The molecule has 0 bridgehead atoms. The highest BCUT2D eigenvalue weighted by molar-refractivity contribution is 5.90. The first kappa shape index (κ1) is 21.2. The monoisotopic (exact) mass is 432 g/mol. The molecule has 2 aromatic heterocycles. The van der Waals surface area contributed by atoms with E-state index in [1.54, 1.807) is 30.0 Å². The number of methoxy groups -OCH3 is 1. The molecule has 0 saturated carbocycles. The molecular formula is C24H21FN4O3. The molecule has 1 amide bonds. The average molecular weight is 432 g/mol. The third-order valence-electron chi connectivity index (χ3n) is 5.01. The van der Waals surface area contributed by atoms with Crippen molar-refractivity contribution in [1.29, 1.82) is 0 Å². The van der Waals surface area contributed by atoms with E-state index in [9.17, 15) is 14.0 Å². The SMILES string of the molecule is COc1ccc(Cn2c(CCC(=O)Nc3ccc(F)cc3)nc3ncccc3c2=O)cc1. The van der Waals surface area contributed by atoms with Crippen LogP contribution in [0.4, 0.5) is 10.1 Å². The zero-order valence-corrected chi connectivity index (χ0v) is 17.4. The fraction of sp³-hybridized carbons (Fsp3) is 0.167. The van der Waals surface area contributed by atoms with Gasteiger partial charge in [-0.25, -0.2) is 14.4 Å². The zero-order valence-electron chi connectivity index (χ0n) is 17.4. The van der Waals surface area contributed by atoms with Crippen LogP contribution >= 0.6 is 0 Å². The van der Waals surface area contributed by atoms with Gasteiger partial charge in [-0.2, -0.15) is 0 Å². The standard InChI is InChI=1S/C24H21FN4O3/c1-32-19-10-4-16(5-11-19)15-29-21(28-23-20(24(29)31)3-2-14-26-23)12-13-22(30)27-18-8-6-17(25)7-9-18/h2-11,14H,12-13,15H2,1H3,(H,27,30).